The Balaban J connectivity index is 2.61. The van der Waals surface area contributed by atoms with Crippen LogP contribution < -0.4 is 0 Å². The summed E-state index contributed by atoms with van der Waals surface area (Å²) in [5, 5.41) is 0. The van der Waals surface area contributed by atoms with Crippen molar-refractivity contribution in [2.24, 2.45) is 5.92 Å². The summed E-state index contributed by atoms with van der Waals surface area (Å²) < 4.78 is 0. The molecule has 0 saturated heterocycles. The summed E-state index contributed by atoms with van der Waals surface area (Å²) in [5.74, 6) is 0.267. The third kappa shape index (κ3) is 2.34. The van der Waals surface area contributed by atoms with Crippen LogP contribution >= 0.6 is 0 Å². The summed E-state index contributed by atoms with van der Waals surface area (Å²) in [5.41, 5.74) is 1.20. The van der Waals surface area contributed by atoms with Crippen LogP contribution in [-0.4, -0.2) is 17.9 Å². The van der Waals surface area contributed by atoms with E-state index < -0.39 is 0 Å². The molecule has 1 aliphatic rings. The number of hydrogen-bond acceptors (Lipinski definition) is 1. The molecule has 2 nitrogen and oxygen atoms in total. The Kier molecular flexibility index (Phi) is 3.69. The molecule has 0 fully saturated rings. The number of rotatable bonds is 3. The van der Waals surface area contributed by atoms with E-state index in [4.69, 9.17) is 0 Å². The van der Waals surface area contributed by atoms with E-state index in [0.29, 0.717) is 0 Å². The van der Waals surface area contributed by atoms with Crippen LogP contribution in [0.3, 0.4) is 0 Å². The molecule has 14 heavy (non-hydrogen) atoms. The number of nitrogens with zero attached hydrogens (tertiary/aromatic N) is 1. The first kappa shape index (κ1) is 10.8. The molecule has 1 atom stereocenters. The van der Waals surface area contributed by atoms with Crippen molar-refractivity contribution in [2.75, 3.05) is 7.05 Å². The molecule has 1 amide bonds. The van der Waals surface area contributed by atoms with E-state index in [1.807, 2.05) is 6.92 Å². The van der Waals surface area contributed by atoms with Gasteiger partial charge >= 0.3 is 0 Å². The second-order valence-electron chi connectivity index (χ2n) is 3.60. The van der Waals surface area contributed by atoms with Crippen molar-refractivity contribution in [1.82, 2.24) is 4.90 Å². The van der Waals surface area contributed by atoms with Gasteiger partial charge in [0, 0.05) is 13.2 Å². The van der Waals surface area contributed by atoms with E-state index in [1.54, 1.807) is 30.3 Å². The molecule has 0 aliphatic heterocycles. The first-order chi connectivity index (χ1) is 6.66. The molecule has 0 spiro atoms. The fraction of sp³-hybridized carbons (Fsp3) is 0.417. The van der Waals surface area contributed by atoms with E-state index >= 15 is 0 Å². The van der Waals surface area contributed by atoms with Gasteiger partial charge in [0.25, 0.3) is 0 Å². The maximum absolute atomic E-state index is 11.9. The van der Waals surface area contributed by atoms with Crippen molar-refractivity contribution >= 4 is 5.91 Å². The second-order valence-corrected chi connectivity index (χ2v) is 3.60. The number of carbonyl (C=O) groups excluding carboxylic acids is 1. The van der Waals surface area contributed by atoms with E-state index in [2.05, 4.69) is 12.7 Å². The molecule has 0 aromatic heterocycles. The summed E-state index contributed by atoms with van der Waals surface area (Å²) in [6.07, 6.45) is 9.32. The largest absolute Gasteiger partial charge is 0.322 e. The molecule has 0 aromatic carbocycles. The SMILES string of the molecule is C=C/C=C/N(C)C(=O)[C@H]1CCC=C1C. The van der Waals surface area contributed by atoms with Crippen molar-refractivity contribution in [3.05, 3.63) is 36.6 Å². The molecule has 0 unspecified atom stereocenters. The van der Waals surface area contributed by atoms with E-state index in [1.165, 1.54) is 5.57 Å². The lowest BCUT2D eigenvalue weighted by atomic mass is 10.0. The second kappa shape index (κ2) is 4.80. The zero-order chi connectivity index (χ0) is 10.6. The Labute approximate surface area is 85.6 Å². The summed E-state index contributed by atoms with van der Waals surface area (Å²) in [7, 11) is 1.79. The van der Waals surface area contributed by atoms with Gasteiger partial charge in [-0.1, -0.05) is 24.3 Å². The Morgan fingerprint density at radius 2 is 2.43 bits per heavy atom. The van der Waals surface area contributed by atoms with Crippen LogP contribution in [0.4, 0.5) is 0 Å². The van der Waals surface area contributed by atoms with Gasteiger partial charge in [0.1, 0.15) is 0 Å². The Morgan fingerprint density at radius 3 is 2.93 bits per heavy atom. The lowest BCUT2D eigenvalue weighted by molar-refractivity contribution is -0.130. The number of carbonyl (C=O) groups is 1. The van der Waals surface area contributed by atoms with Crippen molar-refractivity contribution < 1.29 is 4.79 Å². The van der Waals surface area contributed by atoms with Gasteiger partial charge in [-0.25, -0.2) is 0 Å². The molecule has 0 N–H and O–H groups in total. The topological polar surface area (TPSA) is 20.3 Å². The maximum atomic E-state index is 11.9. The molecule has 1 aliphatic carbocycles. The molecule has 2 heteroatoms. The normalized spacial score (nSPS) is 21.0. The minimum atomic E-state index is 0.0921. The summed E-state index contributed by atoms with van der Waals surface area (Å²) in [6, 6.07) is 0. The van der Waals surface area contributed by atoms with Crippen LogP contribution in [-0.2, 0) is 4.79 Å². The Bertz CT molecular complexity index is 289. The fourth-order valence-corrected chi connectivity index (χ4v) is 1.68. The van der Waals surface area contributed by atoms with Crippen molar-refractivity contribution in [1.29, 1.82) is 0 Å². The van der Waals surface area contributed by atoms with Crippen LogP contribution in [0.15, 0.2) is 36.6 Å². The molecule has 0 saturated carbocycles. The highest BCUT2D eigenvalue weighted by Gasteiger charge is 2.25. The summed E-state index contributed by atoms with van der Waals surface area (Å²) in [6.45, 7) is 5.60. The van der Waals surface area contributed by atoms with Gasteiger partial charge in [0.15, 0.2) is 0 Å². The van der Waals surface area contributed by atoms with E-state index in [0.717, 1.165) is 12.8 Å². The highest BCUT2D eigenvalue weighted by molar-refractivity contribution is 5.82. The third-order valence-corrected chi connectivity index (χ3v) is 2.56. The first-order valence-corrected chi connectivity index (χ1v) is 4.89. The standard InChI is InChI=1S/C12H17NO/c1-4-5-9-13(3)12(14)11-8-6-7-10(11)2/h4-5,7,9,11H,1,6,8H2,2-3H3/b9-5+/t11-/m0/s1. The molecule has 0 radical (unpaired) electrons. The Morgan fingerprint density at radius 1 is 1.71 bits per heavy atom. The lowest BCUT2D eigenvalue weighted by Crippen LogP contribution is -2.28. The zero-order valence-corrected chi connectivity index (χ0v) is 8.86. The molecular weight excluding hydrogens is 174 g/mol. The predicted molar refractivity (Wildman–Crippen MR) is 58.6 cm³/mol. The monoisotopic (exact) mass is 191 g/mol. The van der Waals surface area contributed by atoms with Gasteiger partial charge in [-0.3, -0.25) is 4.79 Å². The molecule has 76 valence electrons. The van der Waals surface area contributed by atoms with Gasteiger partial charge in [0.05, 0.1) is 5.92 Å². The highest BCUT2D eigenvalue weighted by Crippen LogP contribution is 2.26. The minimum Gasteiger partial charge on any atom is -0.322 e. The van der Waals surface area contributed by atoms with Crippen LogP contribution in [0.1, 0.15) is 19.8 Å². The first-order valence-electron chi connectivity index (χ1n) is 4.89. The average molecular weight is 191 g/mol. The highest BCUT2D eigenvalue weighted by atomic mass is 16.2. The third-order valence-electron chi connectivity index (χ3n) is 2.56. The van der Waals surface area contributed by atoms with Gasteiger partial charge < -0.3 is 4.90 Å². The molecule has 0 aromatic rings. The van der Waals surface area contributed by atoms with Crippen LogP contribution in [0.5, 0.6) is 0 Å². The maximum Gasteiger partial charge on any atom is 0.233 e. The number of hydrogen-bond donors (Lipinski definition) is 0. The van der Waals surface area contributed by atoms with Gasteiger partial charge in [-0.05, 0) is 25.8 Å². The van der Waals surface area contributed by atoms with Crippen LogP contribution in [0, 0.1) is 5.92 Å². The minimum absolute atomic E-state index is 0.0921. The average Bonchev–Trinajstić information content (AvgIpc) is 2.59. The van der Waals surface area contributed by atoms with Gasteiger partial charge in [-0.2, -0.15) is 0 Å². The van der Waals surface area contributed by atoms with Gasteiger partial charge in [0.2, 0.25) is 5.91 Å². The van der Waals surface area contributed by atoms with Gasteiger partial charge in [-0.15, -0.1) is 0 Å². The van der Waals surface area contributed by atoms with Crippen LogP contribution in [0.25, 0.3) is 0 Å². The fourth-order valence-electron chi connectivity index (χ4n) is 1.68. The predicted octanol–water partition coefficient (Wildman–Crippen LogP) is 2.50. The number of amides is 1. The molecular formula is C12H17NO. The quantitative estimate of drug-likeness (QED) is 0.496. The van der Waals surface area contributed by atoms with Crippen molar-refractivity contribution in [2.45, 2.75) is 19.8 Å². The smallest absolute Gasteiger partial charge is 0.233 e. The summed E-state index contributed by atoms with van der Waals surface area (Å²) >= 11 is 0. The summed E-state index contributed by atoms with van der Waals surface area (Å²) in [4.78, 5) is 13.5. The van der Waals surface area contributed by atoms with E-state index in [-0.39, 0.29) is 11.8 Å². The van der Waals surface area contributed by atoms with E-state index in [9.17, 15) is 4.79 Å². The number of allylic oxidation sites excluding steroid dienone is 3. The Hall–Kier alpha value is -1.31. The van der Waals surface area contributed by atoms with Crippen molar-refractivity contribution in [3.8, 4) is 0 Å². The lowest BCUT2D eigenvalue weighted by Gasteiger charge is -2.18. The molecule has 0 heterocycles. The zero-order valence-electron chi connectivity index (χ0n) is 8.86. The van der Waals surface area contributed by atoms with Crippen molar-refractivity contribution in [3.63, 3.8) is 0 Å². The van der Waals surface area contributed by atoms with Crippen LogP contribution in [0.2, 0.25) is 0 Å². The molecule has 1 rings (SSSR count). The molecule has 0 bridgehead atoms.